The van der Waals surface area contributed by atoms with E-state index in [1.165, 1.54) is 0 Å². The minimum Gasteiger partial charge on any atom is -0.490 e. The Kier molecular flexibility index (Phi) is 3.10. The lowest BCUT2D eigenvalue weighted by molar-refractivity contribution is 0.0968. The van der Waals surface area contributed by atoms with Crippen LogP contribution in [0.3, 0.4) is 0 Å². The minimum atomic E-state index is -0.0423. The number of anilines is 2. The first-order valence-corrected chi connectivity index (χ1v) is 6.70. The third-order valence-corrected chi connectivity index (χ3v) is 3.45. The number of fused-ring (bicyclic) bond motifs is 1. The highest BCUT2D eigenvalue weighted by molar-refractivity contribution is 6.06. The van der Waals surface area contributed by atoms with E-state index < -0.39 is 0 Å². The summed E-state index contributed by atoms with van der Waals surface area (Å²) < 4.78 is 7.45. The van der Waals surface area contributed by atoms with Crippen LogP contribution < -0.4 is 15.4 Å². The van der Waals surface area contributed by atoms with Gasteiger partial charge in [-0.25, -0.2) is 0 Å². The molecule has 2 N–H and O–H groups in total. The van der Waals surface area contributed by atoms with Crippen LogP contribution in [0.1, 0.15) is 17.4 Å². The molecule has 0 radical (unpaired) electrons. The van der Waals surface area contributed by atoms with Crippen LogP contribution in [0.25, 0.3) is 0 Å². The van der Waals surface area contributed by atoms with Crippen LogP contribution in [0.4, 0.5) is 11.4 Å². The molecule has 104 valence electrons. The van der Waals surface area contributed by atoms with Crippen molar-refractivity contribution in [2.45, 2.75) is 13.5 Å². The van der Waals surface area contributed by atoms with E-state index in [1.807, 2.05) is 35.8 Å². The Morgan fingerprint density at radius 2 is 2.20 bits per heavy atom. The summed E-state index contributed by atoms with van der Waals surface area (Å²) in [5, 5.41) is 0. The van der Waals surface area contributed by atoms with Gasteiger partial charge in [0.1, 0.15) is 18.1 Å². The predicted octanol–water partition coefficient (Wildman–Crippen LogP) is 2.13. The van der Waals surface area contributed by atoms with E-state index >= 15 is 0 Å². The fourth-order valence-corrected chi connectivity index (χ4v) is 2.49. The van der Waals surface area contributed by atoms with E-state index in [-0.39, 0.29) is 5.91 Å². The molecule has 2 aromatic rings. The lowest BCUT2D eigenvalue weighted by atomic mass is 10.2. The molecule has 0 saturated heterocycles. The topological polar surface area (TPSA) is 60.5 Å². The summed E-state index contributed by atoms with van der Waals surface area (Å²) in [5.74, 6) is 0.703. The summed E-state index contributed by atoms with van der Waals surface area (Å²) in [4.78, 5) is 14.5. The van der Waals surface area contributed by atoms with Crippen LogP contribution >= 0.6 is 0 Å². The Hall–Kier alpha value is -2.43. The van der Waals surface area contributed by atoms with E-state index in [2.05, 4.69) is 0 Å². The van der Waals surface area contributed by atoms with E-state index in [0.717, 1.165) is 11.4 Å². The van der Waals surface area contributed by atoms with Gasteiger partial charge in [-0.1, -0.05) is 12.1 Å². The van der Waals surface area contributed by atoms with Crippen LogP contribution in [0.15, 0.2) is 36.5 Å². The quantitative estimate of drug-likeness (QED) is 0.910. The van der Waals surface area contributed by atoms with Gasteiger partial charge in [-0.05, 0) is 25.1 Å². The van der Waals surface area contributed by atoms with Crippen molar-refractivity contribution in [1.82, 2.24) is 4.57 Å². The van der Waals surface area contributed by atoms with Gasteiger partial charge in [0, 0.05) is 12.7 Å². The molecule has 1 aliphatic heterocycles. The van der Waals surface area contributed by atoms with Crippen LogP contribution in [-0.2, 0) is 6.54 Å². The van der Waals surface area contributed by atoms with Crippen LogP contribution in [0.2, 0.25) is 0 Å². The molecule has 2 heterocycles. The van der Waals surface area contributed by atoms with Crippen molar-refractivity contribution in [3.8, 4) is 5.75 Å². The molecule has 0 fully saturated rings. The maximum absolute atomic E-state index is 12.7. The first kappa shape index (κ1) is 12.6. The van der Waals surface area contributed by atoms with Crippen molar-refractivity contribution in [1.29, 1.82) is 0 Å². The monoisotopic (exact) mass is 271 g/mol. The molecule has 1 aromatic heterocycles. The number of hydrogen-bond acceptors (Lipinski definition) is 3. The smallest absolute Gasteiger partial charge is 0.275 e. The maximum Gasteiger partial charge on any atom is 0.275 e. The lowest BCUT2D eigenvalue weighted by Gasteiger charge is -2.29. The molecule has 0 atom stereocenters. The standard InChI is InChI=1S/C15H17N3O2/c1-2-17-10-11(16)9-13(17)15(19)18-7-8-20-14-6-4-3-5-12(14)18/h3-6,9-10H,2,7-8,16H2,1H3. The maximum atomic E-state index is 12.7. The van der Waals surface area contributed by atoms with Gasteiger partial charge in [0.2, 0.25) is 0 Å². The molecule has 5 nitrogen and oxygen atoms in total. The highest BCUT2D eigenvalue weighted by Gasteiger charge is 2.26. The van der Waals surface area contributed by atoms with Gasteiger partial charge in [-0.3, -0.25) is 4.79 Å². The Morgan fingerprint density at radius 1 is 1.40 bits per heavy atom. The molecule has 0 unspecified atom stereocenters. The number of hydrogen-bond donors (Lipinski definition) is 1. The Morgan fingerprint density at radius 3 is 3.00 bits per heavy atom. The summed E-state index contributed by atoms with van der Waals surface area (Å²) in [6.07, 6.45) is 1.79. The number of carbonyl (C=O) groups excluding carboxylic acids is 1. The Balaban J connectivity index is 1.99. The molecule has 3 rings (SSSR count). The van der Waals surface area contributed by atoms with Crippen LogP contribution in [0, 0.1) is 0 Å². The molecule has 0 spiro atoms. The van der Waals surface area contributed by atoms with E-state index in [1.54, 1.807) is 17.2 Å². The molecular weight excluding hydrogens is 254 g/mol. The van der Waals surface area contributed by atoms with Gasteiger partial charge >= 0.3 is 0 Å². The van der Waals surface area contributed by atoms with Gasteiger partial charge in [-0.15, -0.1) is 0 Å². The number of benzene rings is 1. The number of nitrogen functional groups attached to an aromatic ring is 1. The Bertz CT molecular complexity index is 648. The molecule has 1 aliphatic rings. The number of carbonyl (C=O) groups is 1. The van der Waals surface area contributed by atoms with E-state index in [9.17, 15) is 4.79 Å². The summed E-state index contributed by atoms with van der Waals surface area (Å²) in [6, 6.07) is 9.31. The highest BCUT2D eigenvalue weighted by Crippen LogP contribution is 2.32. The second-order valence-electron chi connectivity index (χ2n) is 4.72. The van der Waals surface area contributed by atoms with Crippen molar-refractivity contribution in [2.75, 3.05) is 23.8 Å². The van der Waals surface area contributed by atoms with Crippen molar-refractivity contribution >= 4 is 17.3 Å². The molecule has 0 bridgehead atoms. The number of aromatic nitrogens is 1. The molecule has 0 aliphatic carbocycles. The van der Waals surface area contributed by atoms with Gasteiger partial charge < -0.3 is 19.9 Å². The zero-order valence-electron chi connectivity index (χ0n) is 11.4. The summed E-state index contributed by atoms with van der Waals surface area (Å²) in [7, 11) is 0. The van der Waals surface area contributed by atoms with Gasteiger partial charge in [-0.2, -0.15) is 0 Å². The second kappa shape index (κ2) is 4.92. The SMILES string of the molecule is CCn1cc(N)cc1C(=O)N1CCOc2ccccc21. The molecule has 1 aromatic carbocycles. The number of rotatable bonds is 2. The first-order valence-electron chi connectivity index (χ1n) is 6.70. The number of nitrogens with two attached hydrogens (primary N) is 1. The van der Waals surface area contributed by atoms with Crippen molar-refractivity contribution in [2.24, 2.45) is 0 Å². The van der Waals surface area contributed by atoms with Crippen LogP contribution in [-0.4, -0.2) is 23.6 Å². The number of amides is 1. The van der Waals surface area contributed by atoms with Crippen LogP contribution in [0.5, 0.6) is 5.75 Å². The Labute approximate surface area is 117 Å². The number of ether oxygens (including phenoxy) is 1. The average Bonchev–Trinajstić information content (AvgIpc) is 2.87. The van der Waals surface area contributed by atoms with Crippen molar-refractivity contribution in [3.05, 3.63) is 42.2 Å². The summed E-state index contributed by atoms with van der Waals surface area (Å²) in [5.41, 5.74) is 7.83. The van der Waals surface area contributed by atoms with Gasteiger partial charge in [0.25, 0.3) is 5.91 Å². The first-order chi connectivity index (χ1) is 9.70. The van der Waals surface area contributed by atoms with E-state index in [4.69, 9.17) is 10.5 Å². The molecule has 5 heteroatoms. The average molecular weight is 271 g/mol. The van der Waals surface area contributed by atoms with Crippen molar-refractivity contribution in [3.63, 3.8) is 0 Å². The molecule has 1 amide bonds. The fraction of sp³-hybridized carbons (Fsp3) is 0.267. The van der Waals surface area contributed by atoms with E-state index in [0.29, 0.717) is 31.1 Å². The zero-order valence-corrected chi connectivity index (χ0v) is 11.4. The predicted molar refractivity (Wildman–Crippen MR) is 78.1 cm³/mol. The fourth-order valence-electron chi connectivity index (χ4n) is 2.49. The number of aryl methyl sites for hydroxylation is 1. The third kappa shape index (κ3) is 2.01. The van der Waals surface area contributed by atoms with Crippen molar-refractivity contribution < 1.29 is 9.53 Å². The van der Waals surface area contributed by atoms with Gasteiger partial charge in [0.15, 0.2) is 0 Å². The molecular formula is C15H17N3O2. The zero-order chi connectivity index (χ0) is 14.1. The highest BCUT2D eigenvalue weighted by atomic mass is 16.5. The van der Waals surface area contributed by atoms with Gasteiger partial charge in [0.05, 0.1) is 17.9 Å². The third-order valence-electron chi connectivity index (χ3n) is 3.45. The second-order valence-corrected chi connectivity index (χ2v) is 4.72. The molecule has 0 saturated carbocycles. The number of nitrogens with zero attached hydrogens (tertiary/aromatic N) is 2. The minimum absolute atomic E-state index is 0.0423. The summed E-state index contributed by atoms with van der Waals surface area (Å²) in [6.45, 7) is 3.75. The molecule has 20 heavy (non-hydrogen) atoms. The number of para-hydroxylation sites is 2. The lowest BCUT2D eigenvalue weighted by Crippen LogP contribution is -2.38. The summed E-state index contributed by atoms with van der Waals surface area (Å²) >= 11 is 0. The largest absolute Gasteiger partial charge is 0.490 e. The normalized spacial score (nSPS) is 13.8.